The Bertz CT molecular complexity index is 241. The largest absolute Gasteiger partial charge is 0.334 e. The normalized spacial score (nSPS) is 15.8. The molecule has 0 aromatic carbocycles. The molecule has 0 saturated carbocycles. The number of rotatable bonds is 5. The Morgan fingerprint density at radius 3 is 2.50 bits per heavy atom. The van der Waals surface area contributed by atoms with Gasteiger partial charge in [-0.3, -0.25) is 0 Å². The molecule has 2 atom stereocenters. The van der Waals surface area contributed by atoms with Crippen LogP contribution in [0.15, 0.2) is 18.7 Å². The van der Waals surface area contributed by atoms with Gasteiger partial charge in [-0.15, -0.1) is 0 Å². The van der Waals surface area contributed by atoms with Gasteiger partial charge in [0.2, 0.25) is 0 Å². The molecule has 0 aliphatic heterocycles. The molecule has 2 unspecified atom stereocenters. The van der Waals surface area contributed by atoms with Crippen LogP contribution < -0.4 is 5.32 Å². The van der Waals surface area contributed by atoms with Crippen molar-refractivity contribution in [3.63, 3.8) is 0 Å². The predicted octanol–water partition coefficient (Wildman–Crippen LogP) is 2.08. The van der Waals surface area contributed by atoms with Crippen molar-refractivity contribution >= 4 is 0 Å². The van der Waals surface area contributed by atoms with E-state index in [9.17, 15) is 0 Å². The summed E-state index contributed by atoms with van der Waals surface area (Å²) in [6.07, 6.45) is 5.74. The SMILES string of the molecule is CC(C)NCC(C)C(C)n1ccnc1. The Labute approximate surface area is 86.5 Å². The second-order valence-corrected chi connectivity index (χ2v) is 4.29. The van der Waals surface area contributed by atoms with Crippen molar-refractivity contribution in [1.82, 2.24) is 14.9 Å². The fourth-order valence-electron chi connectivity index (χ4n) is 1.40. The van der Waals surface area contributed by atoms with E-state index < -0.39 is 0 Å². The average molecular weight is 195 g/mol. The molecule has 1 aromatic rings. The van der Waals surface area contributed by atoms with Crippen LogP contribution in [0.3, 0.4) is 0 Å². The van der Waals surface area contributed by atoms with E-state index in [0.717, 1.165) is 6.54 Å². The summed E-state index contributed by atoms with van der Waals surface area (Å²) in [6.45, 7) is 9.90. The van der Waals surface area contributed by atoms with E-state index in [1.54, 1.807) is 0 Å². The molecule has 0 fully saturated rings. The third-order valence-corrected chi connectivity index (χ3v) is 2.67. The Morgan fingerprint density at radius 1 is 1.29 bits per heavy atom. The van der Waals surface area contributed by atoms with Crippen LogP contribution in [0.2, 0.25) is 0 Å². The third-order valence-electron chi connectivity index (χ3n) is 2.67. The van der Waals surface area contributed by atoms with Gasteiger partial charge in [0.1, 0.15) is 0 Å². The molecule has 0 radical (unpaired) electrons. The molecule has 1 aromatic heterocycles. The molecule has 0 spiro atoms. The van der Waals surface area contributed by atoms with Crippen LogP contribution in [-0.2, 0) is 0 Å². The van der Waals surface area contributed by atoms with Gasteiger partial charge in [-0.1, -0.05) is 20.8 Å². The van der Waals surface area contributed by atoms with Gasteiger partial charge in [0.25, 0.3) is 0 Å². The zero-order valence-corrected chi connectivity index (χ0v) is 9.57. The fraction of sp³-hybridized carbons (Fsp3) is 0.727. The number of nitrogens with zero attached hydrogens (tertiary/aromatic N) is 2. The van der Waals surface area contributed by atoms with Gasteiger partial charge in [0, 0.05) is 24.5 Å². The lowest BCUT2D eigenvalue weighted by atomic mass is 10.0. The van der Waals surface area contributed by atoms with Crippen LogP contribution in [-0.4, -0.2) is 22.1 Å². The maximum absolute atomic E-state index is 4.06. The minimum Gasteiger partial charge on any atom is -0.334 e. The van der Waals surface area contributed by atoms with Crippen molar-refractivity contribution in [3.8, 4) is 0 Å². The molecule has 14 heavy (non-hydrogen) atoms. The van der Waals surface area contributed by atoms with Gasteiger partial charge in [0.15, 0.2) is 0 Å². The van der Waals surface area contributed by atoms with Gasteiger partial charge >= 0.3 is 0 Å². The summed E-state index contributed by atoms with van der Waals surface area (Å²) in [5, 5.41) is 3.45. The standard InChI is InChI=1S/C11H21N3/c1-9(2)13-7-10(3)11(4)14-6-5-12-8-14/h5-6,8-11,13H,7H2,1-4H3. The second-order valence-electron chi connectivity index (χ2n) is 4.29. The number of aromatic nitrogens is 2. The Balaban J connectivity index is 2.41. The molecule has 3 heteroatoms. The van der Waals surface area contributed by atoms with E-state index in [1.165, 1.54) is 0 Å². The summed E-state index contributed by atoms with van der Waals surface area (Å²) in [4.78, 5) is 4.06. The highest BCUT2D eigenvalue weighted by atomic mass is 15.1. The quantitative estimate of drug-likeness (QED) is 0.779. The Morgan fingerprint density at radius 2 is 2.00 bits per heavy atom. The van der Waals surface area contributed by atoms with Gasteiger partial charge in [-0.25, -0.2) is 4.98 Å². The van der Waals surface area contributed by atoms with E-state index >= 15 is 0 Å². The number of nitrogens with one attached hydrogen (secondary N) is 1. The molecular formula is C11H21N3. The molecule has 1 rings (SSSR count). The van der Waals surface area contributed by atoms with Crippen LogP contribution in [0.1, 0.15) is 33.7 Å². The summed E-state index contributed by atoms with van der Waals surface area (Å²) in [7, 11) is 0. The first-order valence-corrected chi connectivity index (χ1v) is 5.32. The molecule has 1 N–H and O–H groups in total. The lowest BCUT2D eigenvalue weighted by Crippen LogP contribution is -2.31. The van der Waals surface area contributed by atoms with Crippen molar-refractivity contribution in [3.05, 3.63) is 18.7 Å². The molecule has 3 nitrogen and oxygen atoms in total. The lowest BCUT2D eigenvalue weighted by molar-refractivity contribution is 0.351. The molecule has 1 heterocycles. The van der Waals surface area contributed by atoms with Gasteiger partial charge in [0.05, 0.1) is 6.33 Å². The molecular weight excluding hydrogens is 174 g/mol. The van der Waals surface area contributed by atoms with Crippen molar-refractivity contribution in [1.29, 1.82) is 0 Å². The monoisotopic (exact) mass is 195 g/mol. The van der Waals surface area contributed by atoms with Crippen LogP contribution in [0, 0.1) is 5.92 Å². The van der Waals surface area contributed by atoms with Crippen molar-refractivity contribution in [2.45, 2.75) is 39.8 Å². The van der Waals surface area contributed by atoms with E-state index in [2.05, 4.69) is 42.6 Å². The lowest BCUT2D eigenvalue weighted by Gasteiger charge is -2.22. The summed E-state index contributed by atoms with van der Waals surface area (Å²) < 4.78 is 2.16. The Hall–Kier alpha value is -0.830. The topological polar surface area (TPSA) is 29.9 Å². The van der Waals surface area contributed by atoms with Crippen LogP contribution in [0.25, 0.3) is 0 Å². The molecule has 80 valence electrons. The summed E-state index contributed by atoms with van der Waals surface area (Å²) >= 11 is 0. The van der Waals surface area contributed by atoms with Crippen molar-refractivity contribution < 1.29 is 0 Å². The summed E-state index contributed by atoms with van der Waals surface area (Å²) in [5.74, 6) is 0.617. The zero-order chi connectivity index (χ0) is 10.6. The van der Waals surface area contributed by atoms with Gasteiger partial charge in [-0.05, 0) is 19.4 Å². The first-order valence-electron chi connectivity index (χ1n) is 5.32. The number of hydrogen-bond donors (Lipinski definition) is 1. The molecule has 0 aliphatic carbocycles. The molecule has 0 amide bonds. The zero-order valence-electron chi connectivity index (χ0n) is 9.57. The highest BCUT2D eigenvalue weighted by Gasteiger charge is 2.13. The third kappa shape index (κ3) is 3.14. The number of hydrogen-bond acceptors (Lipinski definition) is 2. The maximum Gasteiger partial charge on any atom is 0.0948 e. The van der Waals surface area contributed by atoms with Crippen LogP contribution >= 0.6 is 0 Å². The first-order chi connectivity index (χ1) is 6.61. The second kappa shape index (κ2) is 5.15. The summed E-state index contributed by atoms with van der Waals surface area (Å²) in [6, 6.07) is 1.07. The molecule has 0 bridgehead atoms. The summed E-state index contributed by atoms with van der Waals surface area (Å²) in [5.41, 5.74) is 0. The first kappa shape index (κ1) is 11.2. The van der Waals surface area contributed by atoms with Gasteiger partial charge < -0.3 is 9.88 Å². The van der Waals surface area contributed by atoms with E-state index in [4.69, 9.17) is 0 Å². The van der Waals surface area contributed by atoms with E-state index in [-0.39, 0.29) is 0 Å². The Kier molecular flexibility index (Phi) is 4.14. The van der Waals surface area contributed by atoms with Gasteiger partial charge in [-0.2, -0.15) is 0 Å². The maximum atomic E-state index is 4.06. The highest BCUT2D eigenvalue weighted by Crippen LogP contribution is 2.15. The van der Waals surface area contributed by atoms with E-state index in [0.29, 0.717) is 18.0 Å². The van der Waals surface area contributed by atoms with Crippen LogP contribution in [0.4, 0.5) is 0 Å². The highest BCUT2D eigenvalue weighted by molar-refractivity contribution is 4.81. The smallest absolute Gasteiger partial charge is 0.0948 e. The van der Waals surface area contributed by atoms with Crippen molar-refractivity contribution in [2.75, 3.05) is 6.54 Å². The molecule has 0 saturated heterocycles. The van der Waals surface area contributed by atoms with E-state index in [1.807, 2.05) is 18.7 Å². The van der Waals surface area contributed by atoms with Crippen molar-refractivity contribution in [2.24, 2.45) is 5.92 Å². The predicted molar refractivity (Wildman–Crippen MR) is 59.2 cm³/mol. The fourth-order valence-corrected chi connectivity index (χ4v) is 1.40. The average Bonchev–Trinajstić information content (AvgIpc) is 2.65. The minimum absolute atomic E-state index is 0.503. The molecule has 0 aliphatic rings. The minimum atomic E-state index is 0.503. The van der Waals surface area contributed by atoms with Crippen LogP contribution in [0.5, 0.6) is 0 Å². The number of imidazole rings is 1.